The summed E-state index contributed by atoms with van der Waals surface area (Å²) in [5.41, 5.74) is 1.09. The Kier molecular flexibility index (Phi) is 3.20. The molecule has 0 radical (unpaired) electrons. The van der Waals surface area contributed by atoms with E-state index in [2.05, 4.69) is 18.7 Å². The van der Waals surface area contributed by atoms with Gasteiger partial charge in [-0.25, -0.2) is 5.06 Å². The first kappa shape index (κ1) is 9.99. The number of hydrogen-bond acceptors (Lipinski definition) is 2. The summed E-state index contributed by atoms with van der Waals surface area (Å²) in [5, 5.41) is 1.91. The van der Waals surface area contributed by atoms with Gasteiger partial charge in [0.05, 0.1) is 12.2 Å². The molecule has 0 saturated carbocycles. The molecule has 0 unspecified atom stereocenters. The topological polar surface area (TPSA) is 12.5 Å². The summed E-state index contributed by atoms with van der Waals surface area (Å²) in [6.07, 6.45) is 7.06. The Hall–Kier alpha value is -1.54. The molecule has 2 heteroatoms. The fourth-order valence-corrected chi connectivity index (χ4v) is 1.60. The minimum Gasteiger partial charge on any atom is -0.265 e. The molecule has 2 nitrogen and oxygen atoms in total. The van der Waals surface area contributed by atoms with E-state index >= 15 is 0 Å². The number of benzene rings is 1. The zero-order valence-electron chi connectivity index (χ0n) is 8.67. The van der Waals surface area contributed by atoms with E-state index in [1.54, 1.807) is 0 Å². The summed E-state index contributed by atoms with van der Waals surface area (Å²) < 4.78 is 0. The van der Waals surface area contributed by atoms with Crippen LogP contribution >= 0.6 is 0 Å². The highest BCUT2D eigenvalue weighted by atomic mass is 16.7. The van der Waals surface area contributed by atoms with Crippen LogP contribution in [0.25, 0.3) is 0 Å². The highest BCUT2D eigenvalue weighted by Crippen LogP contribution is 2.19. The van der Waals surface area contributed by atoms with Gasteiger partial charge in [0.1, 0.15) is 6.10 Å². The van der Waals surface area contributed by atoms with E-state index in [4.69, 9.17) is 4.84 Å². The lowest BCUT2D eigenvalue weighted by Crippen LogP contribution is -2.32. The SMILES string of the molecule is C=CC[C@@H]1C=CCN(c2ccccc2)O1. The van der Waals surface area contributed by atoms with Crippen molar-refractivity contribution in [2.24, 2.45) is 0 Å². The minimum atomic E-state index is 0.122. The molecule has 0 amide bonds. The van der Waals surface area contributed by atoms with E-state index in [1.807, 2.05) is 41.5 Å². The summed E-state index contributed by atoms with van der Waals surface area (Å²) in [6, 6.07) is 10.1. The van der Waals surface area contributed by atoms with Crippen LogP contribution in [0.4, 0.5) is 5.69 Å². The molecule has 1 aliphatic heterocycles. The van der Waals surface area contributed by atoms with Crippen LogP contribution in [0.2, 0.25) is 0 Å². The van der Waals surface area contributed by atoms with Crippen molar-refractivity contribution in [3.63, 3.8) is 0 Å². The fourth-order valence-electron chi connectivity index (χ4n) is 1.60. The van der Waals surface area contributed by atoms with Crippen LogP contribution in [-0.2, 0) is 4.84 Å². The maximum atomic E-state index is 5.79. The molecule has 1 atom stereocenters. The molecule has 1 heterocycles. The number of anilines is 1. The van der Waals surface area contributed by atoms with Crippen molar-refractivity contribution >= 4 is 5.69 Å². The number of nitrogens with zero attached hydrogens (tertiary/aromatic N) is 1. The van der Waals surface area contributed by atoms with Crippen molar-refractivity contribution in [2.75, 3.05) is 11.6 Å². The molecule has 0 aliphatic carbocycles. The Labute approximate surface area is 90.4 Å². The molecule has 78 valence electrons. The molecule has 0 N–H and O–H groups in total. The zero-order valence-corrected chi connectivity index (χ0v) is 8.67. The molecule has 15 heavy (non-hydrogen) atoms. The van der Waals surface area contributed by atoms with Gasteiger partial charge in [-0.2, -0.15) is 0 Å². The molecule has 1 aliphatic rings. The average Bonchev–Trinajstić information content (AvgIpc) is 2.31. The first-order chi connectivity index (χ1) is 7.40. The second-order valence-corrected chi connectivity index (χ2v) is 3.49. The molecular formula is C13H15NO. The third kappa shape index (κ3) is 2.48. The van der Waals surface area contributed by atoms with Gasteiger partial charge in [-0.15, -0.1) is 6.58 Å². The summed E-state index contributed by atoms with van der Waals surface area (Å²) in [5.74, 6) is 0. The maximum absolute atomic E-state index is 5.79. The Morgan fingerprint density at radius 3 is 2.93 bits per heavy atom. The number of para-hydroxylation sites is 1. The number of hydroxylamine groups is 1. The fraction of sp³-hybridized carbons (Fsp3) is 0.231. The van der Waals surface area contributed by atoms with Crippen molar-refractivity contribution in [3.05, 3.63) is 55.1 Å². The van der Waals surface area contributed by atoms with Crippen LogP contribution in [0.3, 0.4) is 0 Å². The summed E-state index contributed by atoms with van der Waals surface area (Å²) in [6.45, 7) is 4.52. The lowest BCUT2D eigenvalue weighted by Gasteiger charge is -2.29. The van der Waals surface area contributed by atoms with Crippen molar-refractivity contribution in [3.8, 4) is 0 Å². The third-order valence-electron chi connectivity index (χ3n) is 2.33. The first-order valence-electron chi connectivity index (χ1n) is 5.17. The second kappa shape index (κ2) is 4.80. The van der Waals surface area contributed by atoms with Gasteiger partial charge in [0.15, 0.2) is 0 Å². The second-order valence-electron chi connectivity index (χ2n) is 3.49. The average molecular weight is 201 g/mol. The Morgan fingerprint density at radius 1 is 1.40 bits per heavy atom. The molecule has 0 saturated heterocycles. The monoisotopic (exact) mass is 201 g/mol. The van der Waals surface area contributed by atoms with Gasteiger partial charge in [0, 0.05) is 0 Å². The summed E-state index contributed by atoms with van der Waals surface area (Å²) >= 11 is 0. The van der Waals surface area contributed by atoms with Crippen LogP contribution in [-0.4, -0.2) is 12.6 Å². The molecular weight excluding hydrogens is 186 g/mol. The lowest BCUT2D eigenvalue weighted by molar-refractivity contribution is 0.0609. The van der Waals surface area contributed by atoms with Crippen LogP contribution in [0, 0.1) is 0 Å². The molecule has 0 aromatic heterocycles. The van der Waals surface area contributed by atoms with Crippen LogP contribution in [0.5, 0.6) is 0 Å². The van der Waals surface area contributed by atoms with Crippen LogP contribution < -0.4 is 5.06 Å². The summed E-state index contributed by atoms with van der Waals surface area (Å²) in [7, 11) is 0. The highest BCUT2D eigenvalue weighted by Gasteiger charge is 2.14. The van der Waals surface area contributed by atoms with Crippen molar-refractivity contribution < 1.29 is 4.84 Å². The van der Waals surface area contributed by atoms with Gasteiger partial charge in [0.2, 0.25) is 0 Å². The van der Waals surface area contributed by atoms with E-state index in [0.29, 0.717) is 0 Å². The predicted octanol–water partition coefficient (Wildman–Crippen LogP) is 2.94. The molecule has 0 fully saturated rings. The van der Waals surface area contributed by atoms with Crippen molar-refractivity contribution in [1.29, 1.82) is 0 Å². The number of rotatable bonds is 3. The van der Waals surface area contributed by atoms with Gasteiger partial charge < -0.3 is 0 Å². The summed E-state index contributed by atoms with van der Waals surface area (Å²) in [4.78, 5) is 5.79. The minimum absolute atomic E-state index is 0.122. The van der Waals surface area contributed by atoms with E-state index in [0.717, 1.165) is 18.7 Å². The van der Waals surface area contributed by atoms with Gasteiger partial charge in [0.25, 0.3) is 0 Å². The van der Waals surface area contributed by atoms with Crippen LogP contribution in [0.15, 0.2) is 55.1 Å². The quantitative estimate of drug-likeness (QED) is 0.697. The van der Waals surface area contributed by atoms with Gasteiger partial charge in [-0.05, 0) is 18.6 Å². The Bertz CT molecular complexity index is 345. The molecule has 1 aromatic rings. The van der Waals surface area contributed by atoms with Gasteiger partial charge in [-0.1, -0.05) is 36.4 Å². The molecule has 0 spiro atoms. The normalized spacial score (nSPS) is 20.3. The molecule has 2 rings (SSSR count). The largest absolute Gasteiger partial charge is 0.265 e. The Morgan fingerprint density at radius 2 is 2.20 bits per heavy atom. The zero-order chi connectivity index (χ0) is 10.5. The van der Waals surface area contributed by atoms with Crippen molar-refractivity contribution in [2.45, 2.75) is 12.5 Å². The van der Waals surface area contributed by atoms with Crippen LogP contribution in [0.1, 0.15) is 6.42 Å². The van der Waals surface area contributed by atoms with E-state index in [9.17, 15) is 0 Å². The van der Waals surface area contributed by atoms with E-state index in [-0.39, 0.29) is 6.10 Å². The third-order valence-corrected chi connectivity index (χ3v) is 2.33. The Balaban J connectivity index is 2.07. The molecule has 1 aromatic carbocycles. The maximum Gasteiger partial charge on any atom is 0.107 e. The highest BCUT2D eigenvalue weighted by molar-refractivity contribution is 5.44. The van der Waals surface area contributed by atoms with E-state index in [1.165, 1.54) is 0 Å². The number of hydrogen-bond donors (Lipinski definition) is 0. The van der Waals surface area contributed by atoms with Crippen molar-refractivity contribution in [1.82, 2.24) is 0 Å². The van der Waals surface area contributed by atoms with E-state index < -0.39 is 0 Å². The lowest BCUT2D eigenvalue weighted by atomic mass is 10.2. The standard InChI is InChI=1S/C13H15NO/c1-2-7-13-10-6-11-14(15-13)12-8-4-3-5-9-12/h2-6,8-10,13H,1,7,11H2/t13-/m1/s1. The predicted molar refractivity (Wildman–Crippen MR) is 62.6 cm³/mol. The van der Waals surface area contributed by atoms with Gasteiger partial charge in [-0.3, -0.25) is 4.84 Å². The smallest absolute Gasteiger partial charge is 0.107 e. The first-order valence-corrected chi connectivity index (χ1v) is 5.17. The van der Waals surface area contributed by atoms with Gasteiger partial charge >= 0.3 is 0 Å². The molecule has 0 bridgehead atoms.